The van der Waals surface area contributed by atoms with Gasteiger partial charge in [-0.2, -0.15) is 0 Å². The maximum Gasteiger partial charge on any atom is 0.160 e. The van der Waals surface area contributed by atoms with Gasteiger partial charge in [-0.05, 0) is 18.4 Å². The van der Waals surface area contributed by atoms with Gasteiger partial charge in [-0.1, -0.05) is 74.5 Å². The number of hydrogen-bond donors (Lipinski definition) is 0. The molecule has 0 bridgehead atoms. The lowest BCUT2D eigenvalue weighted by Crippen LogP contribution is -2.04. The van der Waals surface area contributed by atoms with Crippen molar-refractivity contribution in [2.75, 3.05) is 0 Å². The molecule has 1 aromatic heterocycles. The van der Waals surface area contributed by atoms with Crippen molar-refractivity contribution in [1.82, 2.24) is 9.97 Å². The summed E-state index contributed by atoms with van der Waals surface area (Å²) in [5.41, 5.74) is 5.70. The topological polar surface area (TPSA) is 25.8 Å². The molecule has 2 aromatic carbocycles. The van der Waals surface area contributed by atoms with Gasteiger partial charge in [0.05, 0.1) is 5.69 Å². The fourth-order valence-corrected chi connectivity index (χ4v) is 2.75. The minimum Gasteiger partial charge on any atom is -0.233 e. The molecule has 0 saturated heterocycles. The average Bonchev–Trinajstić information content (AvgIpc) is 2.62. The van der Waals surface area contributed by atoms with Crippen LogP contribution in [0, 0.1) is 0 Å². The Labute approximate surface area is 131 Å². The van der Waals surface area contributed by atoms with Gasteiger partial charge in [0.1, 0.15) is 0 Å². The summed E-state index contributed by atoms with van der Waals surface area (Å²) >= 11 is 0. The van der Waals surface area contributed by atoms with Gasteiger partial charge < -0.3 is 0 Å². The number of rotatable bonds is 4. The van der Waals surface area contributed by atoms with E-state index in [4.69, 9.17) is 9.97 Å². The third kappa shape index (κ3) is 2.77. The maximum atomic E-state index is 4.88. The second kappa shape index (κ2) is 6.52. The molecule has 0 radical (unpaired) electrons. The first-order chi connectivity index (χ1) is 10.8. The van der Waals surface area contributed by atoms with Gasteiger partial charge in [-0.15, -0.1) is 0 Å². The zero-order valence-corrected chi connectivity index (χ0v) is 13.1. The molecule has 0 N–H and O–H groups in total. The van der Waals surface area contributed by atoms with Crippen LogP contribution in [0.2, 0.25) is 0 Å². The lowest BCUT2D eigenvalue weighted by Gasteiger charge is -2.14. The highest BCUT2D eigenvalue weighted by Crippen LogP contribution is 2.27. The van der Waals surface area contributed by atoms with Crippen molar-refractivity contribution in [3.63, 3.8) is 0 Å². The van der Waals surface area contributed by atoms with Crippen molar-refractivity contribution >= 4 is 0 Å². The zero-order valence-electron chi connectivity index (χ0n) is 13.1. The Bertz CT molecular complexity index is 749. The summed E-state index contributed by atoms with van der Waals surface area (Å²) in [6.45, 7) is 4.33. The molecule has 0 unspecified atom stereocenters. The Balaban J connectivity index is 2.23. The molecule has 2 nitrogen and oxygen atoms in total. The molecule has 0 aliphatic rings. The summed E-state index contributed by atoms with van der Waals surface area (Å²) in [6.07, 6.45) is 1.87. The van der Waals surface area contributed by atoms with Crippen molar-refractivity contribution in [3.05, 3.63) is 71.9 Å². The number of nitrogens with zero attached hydrogens (tertiary/aromatic N) is 2. The van der Waals surface area contributed by atoms with E-state index in [1.807, 2.05) is 24.3 Å². The monoisotopic (exact) mass is 288 g/mol. The van der Waals surface area contributed by atoms with E-state index in [0.717, 1.165) is 41.2 Å². The Morgan fingerprint density at radius 2 is 1.27 bits per heavy atom. The zero-order chi connectivity index (χ0) is 15.4. The van der Waals surface area contributed by atoms with Crippen molar-refractivity contribution in [1.29, 1.82) is 0 Å². The molecule has 0 atom stereocenters. The molecule has 0 spiro atoms. The van der Waals surface area contributed by atoms with Gasteiger partial charge in [0, 0.05) is 16.8 Å². The molecule has 2 heteroatoms. The predicted molar refractivity (Wildman–Crippen MR) is 91.7 cm³/mol. The quantitative estimate of drug-likeness (QED) is 0.680. The highest BCUT2D eigenvalue weighted by molar-refractivity contribution is 5.67. The second-order valence-corrected chi connectivity index (χ2v) is 5.26. The molecular formula is C20H20N2. The highest BCUT2D eigenvalue weighted by Gasteiger charge is 2.14. The van der Waals surface area contributed by atoms with Crippen LogP contribution in [-0.4, -0.2) is 9.97 Å². The Hall–Kier alpha value is -2.48. The van der Waals surface area contributed by atoms with Crippen LogP contribution < -0.4 is 0 Å². The molecule has 0 fully saturated rings. The van der Waals surface area contributed by atoms with Gasteiger partial charge in [0.15, 0.2) is 5.82 Å². The van der Waals surface area contributed by atoms with Gasteiger partial charge in [-0.3, -0.25) is 0 Å². The first kappa shape index (κ1) is 14.5. The number of benzene rings is 2. The van der Waals surface area contributed by atoms with E-state index in [1.54, 1.807) is 0 Å². The van der Waals surface area contributed by atoms with E-state index in [-0.39, 0.29) is 0 Å². The van der Waals surface area contributed by atoms with Gasteiger partial charge in [-0.25, -0.2) is 9.97 Å². The van der Waals surface area contributed by atoms with E-state index < -0.39 is 0 Å². The molecule has 110 valence electrons. The average molecular weight is 288 g/mol. The fourth-order valence-electron chi connectivity index (χ4n) is 2.75. The van der Waals surface area contributed by atoms with Crippen molar-refractivity contribution in [2.45, 2.75) is 26.7 Å². The molecule has 0 aliphatic heterocycles. The van der Waals surface area contributed by atoms with E-state index in [2.05, 4.69) is 50.2 Å². The predicted octanol–water partition coefficient (Wildman–Crippen LogP) is 4.94. The second-order valence-electron chi connectivity index (χ2n) is 5.26. The lowest BCUT2D eigenvalue weighted by atomic mass is 10.0. The Morgan fingerprint density at radius 1 is 0.682 bits per heavy atom. The molecule has 22 heavy (non-hydrogen) atoms. The summed E-state index contributed by atoms with van der Waals surface area (Å²) in [5, 5.41) is 0. The van der Waals surface area contributed by atoms with Gasteiger partial charge in [0.2, 0.25) is 0 Å². The van der Waals surface area contributed by atoms with Crippen molar-refractivity contribution < 1.29 is 0 Å². The summed E-state index contributed by atoms with van der Waals surface area (Å²) in [5.74, 6) is 0.813. The summed E-state index contributed by atoms with van der Waals surface area (Å²) < 4.78 is 0. The molecular weight excluding hydrogens is 268 g/mol. The summed E-state index contributed by atoms with van der Waals surface area (Å²) in [7, 11) is 0. The van der Waals surface area contributed by atoms with E-state index in [0.29, 0.717) is 0 Å². The van der Waals surface area contributed by atoms with Crippen molar-refractivity contribution in [2.24, 2.45) is 0 Å². The smallest absolute Gasteiger partial charge is 0.160 e. The fraction of sp³-hybridized carbons (Fsp3) is 0.200. The first-order valence-electron chi connectivity index (χ1n) is 7.84. The highest BCUT2D eigenvalue weighted by atomic mass is 14.9. The Kier molecular flexibility index (Phi) is 4.29. The molecule has 0 aliphatic carbocycles. The third-order valence-electron chi connectivity index (χ3n) is 3.86. The molecule has 0 amide bonds. The molecule has 1 heterocycles. The number of aromatic nitrogens is 2. The van der Waals surface area contributed by atoms with Crippen LogP contribution in [0.25, 0.3) is 22.6 Å². The summed E-state index contributed by atoms with van der Waals surface area (Å²) in [6, 6.07) is 20.6. The largest absolute Gasteiger partial charge is 0.233 e. The van der Waals surface area contributed by atoms with Crippen molar-refractivity contribution in [3.8, 4) is 22.6 Å². The minimum absolute atomic E-state index is 0.813. The van der Waals surface area contributed by atoms with Crippen LogP contribution in [0.5, 0.6) is 0 Å². The standard InChI is InChI=1S/C20H20N2/c1-3-17-18(4-2)21-20(16-13-9-6-10-14-16)22-19(17)15-11-7-5-8-12-15/h5-14H,3-4H2,1-2H3. The van der Waals surface area contributed by atoms with Crippen LogP contribution >= 0.6 is 0 Å². The van der Waals surface area contributed by atoms with Gasteiger partial charge >= 0.3 is 0 Å². The normalized spacial score (nSPS) is 10.6. The minimum atomic E-state index is 0.813. The molecule has 3 aromatic rings. The van der Waals surface area contributed by atoms with E-state index >= 15 is 0 Å². The van der Waals surface area contributed by atoms with Crippen LogP contribution in [-0.2, 0) is 12.8 Å². The maximum absolute atomic E-state index is 4.88. The van der Waals surface area contributed by atoms with Crippen LogP contribution in [0.15, 0.2) is 60.7 Å². The molecule has 0 saturated carbocycles. The lowest BCUT2D eigenvalue weighted by molar-refractivity contribution is 0.940. The molecule has 3 rings (SSSR count). The van der Waals surface area contributed by atoms with Crippen LogP contribution in [0.4, 0.5) is 0 Å². The van der Waals surface area contributed by atoms with E-state index in [1.165, 1.54) is 5.56 Å². The SMILES string of the molecule is CCc1nc(-c2ccccc2)nc(-c2ccccc2)c1CC. The van der Waals surface area contributed by atoms with Gasteiger partial charge in [0.25, 0.3) is 0 Å². The Morgan fingerprint density at radius 3 is 1.82 bits per heavy atom. The number of aryl methyl sites for hydroxylation is 1. The van der Waals surface area contributed by atoms with Crippen LogP contribution in [0.3, 0.4) is 0 Å². The first-order valence-corrected chi connectivity index (χ1v) is 7.84. The summed E-state index contributed by atoms with van der Waals surface area (Å²) in [4.78, 5) is 9.69. The third-order valence-corrected chi connectivity index (χ3v) is 3.86. The number of hydrogen-bond acceptors (Lipinski definition) is 2. The van der Waals surface area contributed by atoms with Crippen LogP contribution in [0.1, 0.15) is 25.1 Å². The van der Waals surface area contributed by atoms with E-state index in [9.17, 15) is 0 Å².